The molecule has 20 heavy (non-hydrogen) atoms. The average Bonchev–Trinajstić information content (AvgIpc) is 2.88. The van der Waals surface area contributed by atoms with Gasteiger partial charge in [-0.25, -0.2) is 0 Å². The molecular formula is C14H13BrO4S. The van der Waals surface area contributed by atoms with Crippen LogP contribution in [0.3, 0.4) is 0 Å². The molecular weight excluding hydrogens is 344 g/mol. The Labute approximate surface area is 128 Å². The van der Waals surface area contributed by atoms with Gasteiger partial charge < -0.3 is 9.47 Å². The smallest absolute Gasteiger partial charge is 0.305 e. The molecule has 0 aliphatic rings. The number of carbonyl (C=O) groups is 2. The first kappa shape index (κ1) is 15.0. The van der Waals surface area contributed by atoms with E-state index >= 15 is 0 Å². The highest BCUT2D eigenvalue weighted by atomic mass is 79.9. The first-order chi connectivity index (χ1) is 9.55. The molecule has 0 atom stereocenters. The van der Waals surface area contributed by atoms with E-state index < -0.39 is 0 Å². The van der Waals surface area contributed by atoms with E-state index in [0.717, 1.165) is 20.3 Å². The number of benzene rings is 1. The Morgan fingerprint density at radius 1 is 1.20 bits per heavy atom. The van der Waals surface area contributed by atoms with Crippen LogP contribution in [0.5, 0.6) is 5.75 Å². The fourth-order valence-electron chi connectivity index (χ4n) is 1.77. The quantitative estimate of drug-likeness (QED) is 0.603. The lowest BCUT2D eigenvalue weighted by molar-refractivity contribution is -0.140. The van der Waals surface area contributed by atoms with Crippen molar-refractivity contribution in [1.82, 2.24) is 0 Å². The predicted molar refractivity (Wildman–Crippen MR) is 81.7 cm³/mol. The lowest BCUT2D eigenvalue weighted by Gasteiger charge is -2.00. The van der Waals surface area contributed by atoms with Gasteiger partial charge >= 0.3 is 5.97 Å². The Bertz CT molecular complexity index is 662. The zero-order chi connectivity index (χ0) is 14.7. The molecule has 2 aromatic rings. The maximum Gasteiger partial charge on any atom is 0.305 e. The minimum absolute atomic E-state index is 0.0533. The molecule has 0 saturated heterocycles. The van der Waals surface area contributed by atoms with Crippen molar-refractivity contribution in [3.8, 4) is 5.75 Å². The van der Waals surface area contributed by atoms with Crippen molar-refractivity contribution in [2.45, 2.75) is 12.8 Å². The van der Waals surface area contributed by atoms with Gasteiger partial charge in [-0.2, -0.15) is 0 Å². The van der Waals surface area contributed by atoms with Crippen LogP contribution in [0.15, 0.2) is 22.7 Å². The Balaban J connectivity index is 2.25. The summed E-state index contributed by atoms with van der Waals surface area (Å²) in [5.41, 5.74) is 0. The van der Waals surface area contributed by atoms with Crippen molar-refractivity contribution in [3.05, 3.63) is 27.5 Å². The number of Topliss-reactive ketones (excluding diaryl/α,β-unsaturated/α-hetero) is 1. The first-order valence-electron chi connectivity index (χ1n) is 5.92. The van der Waals surface area contributed by atoms with E-state index in [-0.39, 0.29) is 24.6 Å². The molecule has 0 saturated carbocycles. The third-order valence-corrected chi connectivity index (χ3v) is 4.63. The summed E-state index contributed by atoms with van der Waals surface area (Å²) in [4.78, 5) is 23.8. The summed E-state index contributed by atoms with van der Waals surface area (Å²) in [7, 11) is 2.92. The number of ether oxygens (including phenoxy) is 2. The van der Waals surface area contributed by atoms with Crippen molar-refractivity contribution in [2.24, 2.45) is 0 Å². The number of fused-ring (bicyclic) bond motifs is 1. The normalized spacial score (nSPS) is 10.6. The number of methoxy groups -OCH3 is 2. The minimum Gasteiger partial charge on any atom is -0.497 e. The molecule has 0 fully saturated rings. The highest BCUT2D eigenvalue weighted by Crippen LogP contribution is 2.35. The van der Waals surface area contributed by atoms with Crippen LogP contribution in [0, 0.1) is 0 Å². The van der Waals surface area contributed by atoms with Gasteiger partial charge in [0.05, 0.1) is 25.5 Å². The second kappa shape index (κ2) is 6.37. The Kier molecular flexibility index (Phi) is 4.77. The highest BCUT2D eigenvalue weighted by molar-refractivity contribution is 9.10. The van der Waals surface area contributed by atoms with Gasteiger partial charge in [-0.1, -0.05) is 0 Å². The summed E-state index contributed by atoms with van der Waals surface area (Å²) in [6.45, 7) is 0. The summed E-state index contributed by atoms with van der Waals surface area (Å²) in [5.74, 6) is 0.310. The standard InChI is InChI=1S/C14H13BrO4S/c1-18-8-5-10(15)9-7-13(20-12(9)6-8)11(16)3-4-14(17)19-2/h5-7H,3-4H2,1-2H3. The fourth-order valence-corrected chi connectivity index (χ4v) is 3.54. The van der Waals surface area contributed by atoms with Gasteiger partial charge in [-0.05, 0) is 34.1 Å². The average molecular weight is 357 g/mol. The number of carbonyl (C=O) groups excluding carboxylic acids is 2. The molecule has 0 amide bonds. The Hall–Kier alpha value is -1.40. The summed E-state index contributed by atoms with van der Waals surface area (Å²) in [6, 6.07) is 5.59. The Morgan fingerprint density at radius 3 is 2.60 bits per heavy atom. The maximum atomic E-state index is 12.1. The molecule has 0 bridgehead atoms. The molecule has 1 aromatic heterocycles. The molecule has 2 rings (SSSR count). The largest absolute Gasteiger partial charge is 0.497 e. The van der Waals surface area contributed by atoms with E-state index in [1.54, 1.807) is 7.11 Å². The van der Waals surface area contributed by atoms with Crippen LogP contribution in [0.2, 0.25) is 0 Å². The van der Waals surface area contributed by atoms with Crippen LogP contribution >= 0.6 is 27.3 Å². The molecule has 1 heterocycles. The van der Waals surface area contributed by atoms with Gasteiger partial charge in [-0.3, -0.25) is 9.59 Å². The lowest BCUT2D eigenvalue weighted by atomic mass is 10.1. The molecule has 4 nitrogen and oxygen atoms in total. The van der Waals surface area contributed by atoms with Crippen molar-refractivity contribution >= 4 is 49.1 Å². The molecule has 0 aliphatic carbocycles. The van der Waals surface area contributed by atoms with E-state index in [9.17, 15) is 9.59 Å². The molecule has 0 unspecified atom stereocenters. The van der Waals surface area contributed by atoms with Gasteiger partial charge in [-0.15, -0.1) is 11.3 Å². The van der Waals surface area contributed by atoms with E-state index in [1.807, 2.05) is 18.2 Å². The molecule has 6 heteroatoms. The third kappa shape index (κ3) is 3.19. The zero-order valence-electron chi connectivity index (χ0n) is 11.1. The second-order valence-electron chi connectivity index (χ2n) is 4.13. The van der Waals surface area contributed by atoms with Crippen molar-refractivity contribution in [3.63, 3.8) is 0 Å². The van der Waals surface area contributed by atoms with Crippen LogP contribution < -0.4 is 4.74 Å². The molecule has 0 aliphatic heterocycles. The van der Waals surface area contributed by atoms with Crippen molar-refractivity contribution in [1.29, 1.82) is 0 Å². The van der Waals surface area contributed by atoms with Crippen LogP contribution in [0.25, 0.3) is 10.1 Å². The van der Waals surface area contributed by atoms with Crippen molar-refractivity contribution in [2.75, 3.05) is 14.2 Å². The summed E-state index contributed by atoms with van der Waals surface area (Å²) < 4.78 is 11.6. The fraction of sp³-hybridized carbons (Fsp3) is 0.286. The van der Waals surface area contributed by atoms with E-state index in [1.165, 1.54) is 18.4 Å². The lowest BCUT2D eigenvalue weighted by Crippen LogP contribution is -2.04. The molecule has 106 valence electrons. The second-order valence-corrected chi connectivity index (χ2v) is 6.07. The van der Waals surface area contributed by atoms with Gasteiger partial charge in [0, 0.05) is 21.0 Å². The van der Waals surface area contributed by atoms with Crippen LogP contribution in [0.1, 0.15) is 22.5 Å². The zero-order valence-corrected chi connectivity index (χ0v) is 13.5. The van der Waals surface area contributed by atoms with Gasteiger partial charge in [0.15, 0.2) is 5.78 Å². The van der Waals surface area contributed by atoms with Gasteiger partial charge in [0.25, 0.3) is 0 Å². The maximum absolute atomic E-state index is 12.1. The number of esters is 1. The summed E-state index contributed by atoms with van der Waals surface area (Å²) in [5, 5.41) is 0.970. The van der Waals surface area contributed by atoms with Crippen molar-refractivity contribution < 1.29 is 19.1 Å². The monoisotopic (exact) mass is 356 g/mol. The minimum atomic E-state index is -0.373. The third-order valence-electron chi connectivity index (χ3n) is 2.85. The van der Waals surface area contributed by atoms with Crippen LogP contribution in [0.4, 0.5) is 0 Å². The SMILES string of the molecule is COC(=O)CCC(=O)c1cc2c(Br)cc(OC)cc2s1. The van der Waals surface area contributed by atoms with Gasteiger partial charge in [0.2, 0.25) is 0 Å². The van der Waals surface area contributed by atoms with E-state index in [0.29, 0.717) is 4.88 Å². The Morgan fingerprint density at radius 2 is 1.95 bits per heavy atom. The number of hydrogen-bond donors (Lipinski definition) is 0. The number of thiophene rings is 1. The molecule has 1 aromatic carbocycles. The van der Waals surface area contributed by atoms with Gasteiger partial charge in [0.1, 0.15) is 5.75 Å². The first-order valence-corrected chi connectivity index (χ1v) is 7.53. The van der Waals surface area contributed by atoms with Crippen LogP contribution in [-0.2, 0) is 9.53 Å². The number of rotatable bonds is 5. The predicted octanol–water partition coefficient (Wildman–Crippen LogP) is 3.81. The molecule has 0 spiro atoms. The number of hydrogen-bond acceptors (Lipinski definition) is 5. The number of ketones is 1. The van der Waals surface area contributed by atoms with E-state index in [4.69, 9.17) is 4.74 Å². The topological polar surface area (TPSA) is 52.6 Å². The van der Waals surface area contributed by atoms with E-state index in [2.05, 4.69) is 20.7 Å². The van der Waals surface area contributed by atoms with Crippen LogP contribution in [-0.4, -0.2) is 26.0 Å². The summed E-state index contributed by atoms with van der Waals surface area (Å²) in [6.07, 6.45) is 0.266. The molecule has 0 N–H and O–H groups in total. The number of halogens is 1. The molecule has 0 radical (unpaired) electrons. The summed E-state index contributed by atoms with van der Waals surface area (Å²) >= 11 is 4.86. The highest BCUT2D eigenvalue weighted by Gasteiger charge is 2.14.